The normalized spacial score (nSPS) is 11.5. The van der Waals surface area contributed by atoms with Gasteiger partial charge in [0.1, 0.15) is 5.75 Å². The number of ether oxygens (including phenoxy) is 1. The van der Waals surface area contributed by atoms with Crippen molar-refractivity contribution in [1.82, 2.24) is 4.72 Å². The maximum atomic E-state index is 11.2. The highest BCUT2D eigenvalue weighted by Crippen LogP contribution is 2.18. The fourth-order valence-corrected chi connectivity index (χ4v) is 2.17. The van der Waals surface area contributed by atoms with Gasteiger partial charge in [0.05, 0.1) is 12.9 Å². The Morgan fingerprint density at radius 3 is 2.59 bits per heavy atom. The molecule has 0 bridgehead atoms. The molecule has 0 aromatic heterocycles. The van der Waals surface area contributed by atoms with E-state index in [0.29, 0.717) is 13.0 Å². The Bertz CT molecular complexity index is 469. The maximum Gasteiger partial charge on any atom is 0.211 e. The van der Waals surface area contributed by atoms with E-state index in [4.69, 9.17) is 4.74 Å². The van der Waals surface area contributed by atoms with E-state index in [2.05, 4.69) is 4.72 Å². The van der Waals surface area contributed by atoms with E-state index in [-0.39, 0.29) is 5.75 Å². The summed E-state index contributed by atoms with van der Waals surface area (Å²) in [5.74, 6) is 0.970. The van der Waals surface area contributed by atoms with Crippen LogP contribution in [0.2, 0.25) is 0 Å². The zero-order chi connectivity index (χ0) is 12.9. The number of aryl methyl sites for hydroxylation is 1. The minimum absolute atomic E-state index is 0.120. The average molecular weight is 257 g/mol. The molecule has 0 fully saturated rings. The molecule has 0 aliphatic rings. The second-order valence-electron chi connectivity index (χ2n) is 3.85. The SMILES string of the molecule is CCS(=O)(=O)NCCc1ccc(OC)c(C)c1. The van der Waals surface area contributed by atoms with Crippen molar-refractivity contribution in [2.24, 2.45) is 0 Å². The Kier molecular flexibility index (Phi) is 4.96. The number of benzene rings is 1. The smallest absolute Gasteiger partial charge is 0.211 e. The first-order chi connectivity index (χ1) is 7.98. The van der Waals surface area contributed by atoms with Gasteiger partial charge in [-0.25, -0.2) is 13.1 Å². The lowest BCUT2D eigenvalue weighted by molar-refractivity contribution is 0.411. The van der Waals surface area contributed by atoms with Gasteiger partial charge in [0.15, 0.2) is 0 Å². The molecular weight excluding hydrogens is 238 g/mol. The fourth-order valence-electron chi connectivity index (χ4n) is 1.55. The number of hydrogen-bond acceptors (Lipinski definition) is 3. The van der Waals surface area contributed by atoms with E-state index in [0.717, 1.165) is 16.9 Å². The number of methoxy groups -OCH3 is 1. The van der Waals surface area contributed by atoms with Crippen LogP contribution in [-0.2, 0) is 16.4 Å². The van der Waals surface area contributed by atoms with Crippen molar-refractivity contribution < 1.29 is 13.2 Å². The van der Waals surface area contributed by atoms with Gasteiger partial charge >= 0.3 is 0 Å². The van der Waals surface area contributed by atoms with Crippen molar-refractivity contribution in [3.63, 3.8) is 0 Å². The molecule has 0 saturated heterocycles. The van der Waals surface area contributed by atoms with Crippen molar-refractivity contribution >= 4 is 10.0 Å². The summed E-state index contributed by atoms with van der Waals surface area (Å²) in [7, 11) is -1.45. The summed E-state index contributed by atoms with van der Waals surface area (Å²) in [6.45, 7) is 4.03. The topological polar surface area (TPSA) is 55.4 Å². The van der Waals surface area contributed by atoms with E-state index < -0.39 is 10.0 Å². The molecule has 1 aromatic carbocycles. The molecule has 0 aliphatic carbocycles. The first-order valence-electron chi connectivity index (χ1n) is 5.59. The summed E-state index contributed by atoms with van der Waals surface area (Å²) in [6.07, 6.45) is 0.685. The van der Waals surface area contributed by atoms with Crippen molar-refractivity contribution in [2.75, 3.05) is 19.4 Å². The molecule has 1 aromatic rings. The van der Waals surface area contributed by atoms with Crippen LogP contribution in [0.5, 0.6) is 5.75 Å². The third-order valence-electron chi connectivity index (χ3n) is 2.57. The predicted molar refractivity (Wildman–Crippen MR) is 68.9 cm³/mol. The molecule has 0 unspecified atom stereocenters. The summed E-state index contributed by atoms with van der Waals surface area (Å²) < 4.78 is 30.2. The first-order valence-corrected chi connectivity index (χ1v) is 7.24. The lowest BCUT2D eigenvalue weighted by Gasteiger charge is -2.08. The van der Waals surface area contributed by atoms with Crippen LogP contribution >= 0.6 is 0 Å². The Hall–Kier alpha value is -1.07. The van der Waals surface area contributed by atoms with E-state index >= 15 is 0 Å². The highest BCUT2D eigenvalue weighted by atomic mass is 32.2. The molecule has 0 spiro atoms. The van der Waals surface area contributed by atoms with Crippen LogP contribution in [0.4, 0.5) is 0 Å². The Morgan fingerprint density at radius 2 is 2.06 bits per heavy atom. The van der Waals surface area contributed by atoms with Crippen LogP contribution in [-0.4, -0.2) is 27.8 Å². The Morgan fingerprint density at radius 1 is 1.35 bits per heavy atom. The molecule has 0 radical (unpaired) electrons. The van der Waals surface area contributed by atoms with E-state index in [1.54, 1.807) is 14.0 Å². The highest BCUT2D eigenvalue weighted by Gasteiger charge is 2.05. The summed E-state index contributed by atoms with van der Waals surface area (Å²) in [5.41, 5.74) is 2.16. The molecule has 0 atom stereocenters. The van der Waals surface area contributed by atoms with Crippen LogP contribution in [0.25, 0.3) is 0 Å². The summed E-state index contributed by atoms with van der Waals surface area (Å²) in [6, 6.07) is 5.87. The van der Waals surface area contributed by atoms with Gasteiger partial charge in [-0.3, -0.25) is 0 Å². The minimum atomic E-state index is -3.09. The lowest BCUT2D eigenvalue weighted by atomic mass is 10.1. The number of sulfonamides is 1. The number of rotatable bonds is 6. The van der Waals surface area contributed by atoms with Gasteiger partial charge in [0.25, 0.3) is 0 Å². The summed E-state index contributed by atoms with van der Waals surface area (Å²) in [4.78, 5) is 0. The molecule has 1 N–H and O–H groups in total. The number of hydrogen-bond donors (Lipinski definition) is 1. The van der Waals surface area contributed by atoms with E-state index in [1.165, 1.54) is 0 Å². The zero-order valence-corrected chi connectivity index (χ0v) is 11.3. The van der Waals surface area contributed by atoms with Gasteiger partial charge in [-0.1, -0.05) is 12.1 Å². The molecule has 0 amide bonds. The Balaban J connectivity index is 2.56. The molecule has 0 saturated carbocycles. The minimum Gasteiger partial charge on any atom is -0.496 e. The quantitative estimate of drug-likeness (QED) is 0.840. The summed E-state index contributed by atoms with van der Waals surface area (Å²) in [5, 5.41) is 0. The molecule has 96 valence electrons. The standard InChI is InChI=1S/C12H19NO3S/c1-4-17(14,15)13-8-7-11-5-6-12(16-3)10(2)9-11/h5-6,9,13H,4,7-8H2,1-3H3. The largest absolute Gasteiger partial charge is 0.496 e. The van der Waals surface area contributed by atoms with Crippen molar-refractivity contribution in [1.29, 1.82) is 0 Å². The second kappa shape index (κ2) is 6.02. The third kappa shape index (κ3) is 4.36. The van der Waals surface area contributed by atoms with E-state index in [1.807, 2.05) is 25.1 Å². The molecule has 17 heavy (non-hydrogen) atoms. The van der Waals surface area contributed by atoms with E-state index in [9.17, 15) is 8.42 Å². The molecule has 4 nitrogen and oxygen atoms in total. The fraction of sp³-hybridized carbons (Fsp3) is 0.500. The molecule has 1 rings (SSSR count). The van der Waals surface area contributed by atoms with Crippen LogP contribution in [0, 0.1) is 6.92 Å². The predicted octanol–water partition coefficient (Wildman–Crippen LogP) is 1.49. The van der Waals surface area contributed by atoms with Gasteiger partial charge in [0, 0.05) is 6.54 Å². The van der Waals surface area contributed by atoms with Crippen molar-refractivity contribution in [3.05, 3.63) is 29.3 Å². The molecule has 5 heteroatoms. The van der Waals surface area contributed by atoms with Crippen LogP contribution in [0.1, 0.15) is 18.1 Å². The average Bonchev–Trinajstić information content (AvgIpc) is 2.29. The zero-order valence-electron chi connectivity index (χ0n) is 10.5. The lowest BCUT2D eigenvalue weighted by Crippen LogP contribution is -2.27. The highest BCUT2D eigenvalue weighted by molar-refractivity contribution is 7.89. The molecule has 0 aliphatic heterocycles. The monoisotopic (exact) mass is 257 g/mol. The molecular formula is C12H19NO3S. The van der Waals surface area contributed by atoms with Crippen molar-refractivity contribution in [3.8, 4) is 5.75 Å². The maximum absolute atomic E-state index is 11.2. The van der Waals surface area contributed by atoms with Gasteiger partial charge in [-0.15, -0.1) is 0 Å². The van der Waals surface area contributed by atoms with Crippen LogP contribution in [0.3, 0.4) is 0 Å². The summed E-state index contributed by atoms with van der Waals surface area (Å²) >= 11 is 0. The van der Waals surface area contributed by atoms with Gasteiger partial charge in [-0.05, 0) is 37.5 Å². The van der Waals surface area contributed by atoms with Gasteiger partial charge < -0.3 is 4.74 Å². The van der Waals surface area contributed by atoms with Crippen LogP contribution in [0.15, 0.2) is 18.2 Å². The Labute approximate surface area is 103 Å². The molecule has 0 heterocycles. The number of nitrogens with one attached hydrogen (secondary N) is 1. The van der Waals surface area contributed by atoms with Crippen LogP contribution < -0.4 is 9.46 Å². The van der Waals surface area contributed by atoms with Crippen molar-refractivity contribution in [2.45, 2.75) is 20.3 Å². The van der Waals surface area contributed by atoms with Gasteiger partial charge in [0.2, 0.25) is 10.0 Å². The third-order valence-corrected chi connectivity index (χ3v) is 3.98. The van der Waals surface area contributed by atoms with Gasteiger partial charge in [-0.2, -0.15) is 0 Å². The second-order valence-corrected chi connectivity index (χ2v) is 5.95. The first kappa shape index (κ1) is 14.0.